The minimum atomic E-state index is 0.311. The molecule has 108 valence electrons. The van der Waals surface area contributed by atoms with Crippen LogP contribution in [0.4, 0.5) is 0 Å². The lowest BCUT2D eigenvalue weighted by molar-refractivity contribution is 0.192. The molecule has 0 aliphatic carbocycles. The van der Waals surface area contributed by atoms with Crippen molar-refractivity contribution < 1.29 is 0 Å². The number of rotatable bonds is 5. The zero-order valence-corrected chi connectivity index (χ0v) is 12.6. The third-order valence-electron chi connectivity index (χ3n) is 4.13. The van der Waals surface area contributed by atoms with Crippen LogP contribution in [0.3, 0.4) is 0 Å². The third kappa shape index (κ3) is 4.06. The Morgan fingerprint density at radius 2 is 2.15 bits per heavy atom. The molecule has 0 spiro atoms. The zero-order chi connectivity index (χ0) is 14.4. The first kappa shape index (κ1) is 15.0. The summed E-state index contributed by atoms with van der Waals surface area (Å²) < 4.78 is 0. The van der Waals surface area contributed by atoms with Crippen LogP contribution < -0.4 is 5.32 Å². The quantitative estimate of drug-likeness (QED) is 0.894. The topological polar surface area (TPSA) is 39.1 Å². The Bertz CT molecular complexity index is 456. The summed E-state index contributed by atoms with van der Waals surface area (Å²) in [4.78, 5) is 2.55. The fraction of sp³-hybridized carbons (Fsp3) is 0.588. The molecule has 1 saturated heterocycles. The largest absolute Gasteiger partial charge is 0.307 e. The van der Waals surface area contributed by atoms with Crippen LogP contribution in [-0.2, 0) is 0 Å². The minimum Gasteiger partial charge on any atom is -0.307 e. The monoisotopic (exact) mass is 271 g/mol. The Hall–Kier alpha value is -1.37. The van der Waals surface area contributed by atoms with Gasteiger partial charge in [-0.3, -0.25) is 0 Å². The summed E-state index contributed by atoms with van der Waals surface area (Å²) in [5.41, 5.74) is 1.95. The molecule has 1 aliphatic rings. The van der Waals surface area contributed by atoms with Crippen molar-refractivity contribution in [3.8, 4) is 6.07 Å². The van der Waals surface area contributed by atoms with Crippen LogP contribution in [0.5, 0.6) is 0 Å². The second kappa shape index (κ2) is 7.42. The van der Waals surface area contributed by atoms with Gasteiger partial charge in [0.1, 0.15) is 0 Å². The molecule has 0 radical (unpaired) electrons. The lowest BCUT2D eigenvalue weighted by Crippen LogP contribution is -2.43. The molecule has 2 rings (SSSR count). The Balaban J connectivity index is 1.86. The molecule has 1 fully saturated rings. The van der Waals surface area contributed by atoms with Crippen LogP contribution in [0.15, 0.2) is 24.3 Å². The molecule has 0 bridgehead atoms. The highest BCUT2D eigenvalue weighted by atomic mass is 15.1. The summed E-state index contributed by atoms with van der Waals surface area (Å²) in [6.07, 6.45) is 3.69. The summed E-state index contributed by atoms with van der Waals surface area (Å²) >= 11 is 0. The molecule has 1 aliphatic heterocycles. The van der Waals surface area contributed by atoms with Crippen molar-refractivity contribution in [2.24, 2.45) is 0 Å². The van der Waals surface area contributed by atoms with E-state index < -0.39 is 0 Å². The highest BCUT2D eigenvalue weighted by Gasteiger charge is 2.20. The second-order valence-electron chi connectivity index (χ2n) is 5.74. The van der Waals surface area contributed by atoms with Gasteiger partial charge in [0.15, 0.2) is 0 Å². The number of nitriles is 1. The van der Waals surface area contributed by atoms with Crippen LogP contribution in [0.2, 0.25) is 0 Å². The van der Waals surface area contributed by atoms with Crippen molar-refractivity contribution in [1.82, 2.24) is 10.2 Å². The first-order valence-corrected chi connectivity index (χ1v) is 7.71. The molecule has 1 aromatic rings. The van der Waals surface area contributed by atoms with Gasteiger partial charge in [-0.2, -0.15) is 5.26 Å². The average molecular weight is 271 g/mol. The number of hydrogen-bond donors (Lipinski definition) is 1. The molecule has 0 saturated carbocycles. The summed E-state index contributed by atoms with van der Waals surface area (Å²) in [6, 6.07) is 11.0. The van der Waals surface area contributed by atoms with Crippen LogP contribution in [0.25, 0.3) is 0 Å². The maximum atomic E-state index is 8.97. The first-order chi connectivity index (χ1) is 9.72. The lowest BCUT2D eigenvalue weighted by Gasteiger charge is -2.33. The minimum absolute atomic E-state index is 0.311. The van der Waals surface area contributed by atoms with Gasteiger partial charge in [-0.25, -0.2) is 0 Å². The number of hydrogen-bond acceptors (Lipinski definition) is 3. The van der Waals surface area contributed by atoms with E-state index in [1.165, 1.54) is 44.5 Å². The van der Waals surface area contributed by atoms with Crippen LogP contribution >= 0.6 is 0 Å². The summed E-state index contributed by atoms with van der Waals surface area (Å²) in [7, 11) is 0. The van der Waals surface area contributed by atoms with Crippen molar-refractivity contribution in [2.75, 3.05) is 19.6 Å². The number of piperidine rings is 1. The Kier molecular flexibility index (Phi) is 5.58. The van der Waals surface area contributed by atoms with E-state index in [1.807, 2.05) is 18.2 Å². The Labute approximate surface area is 122 Å². The fourth-order valence-corrected chi connectivity index (χ4v) is 2.97. The van der Waals surface area contributed by atoms with Crippen molar-refractivity contribution in [3.05, 3.63) is 35.4 Å². The molecule has 1 heterocycles. The van der Waals surface area contributed by atoms with Gasteiger partial charge in [-0.05, 0) is 63.5 Å². The molecule has 1 N–H and O–H groups in total. The highest BCUT2D eigenvalue weighted by Crippen LogP contribution is 2.18. The van der Waals surface area contributed by atoms with Gasteiger partial charge < -0.3 is 10.2 Å². The van der Waals surface area contributed by atoms with E-state index in [0.717, 1.165) is 5.56 Å². The number of benzene rings is 1. The lowest BCUT2D eigenvalue weighted by atomic mass is 10.0. The highest BCUT2D eigenvalue weighted by molar-refractivity contribution is 5.34. The average Bonchev–Trinajstić information content (AvgIpc) is 2.49. The molecule has 1 aromatic carbocycles. The molecular weight excluding hydrogens is 246 g/mol. The van der Waals surface area contributed by atoms with Crippen LogP contribution in [0, 0.1) is 11.3 Å². The van der Waals surface area contributed by atoms with E-state index in [0.29, 0.717) is 12.1 Å². The van der Waals surface area contributed by atoms with Crippen molar-refractivity contribution >= 4 is 0 Å². The van der Waals surface area contributed by atoms with Gasteiger partial charge in [0, 0.05) is 12.1 Å². The van der Waals surface area contributed by atoms with E-state index in [-0.39, 0.29) is 0 Å². The summed E-state index contributed by atoms with van der Waals surface area (Å²) in [6.45, 7) is 8.07. The van der Waals surface area contributed by atoms with Gasteiger partial charge in [-0.1, -0.05) is 19.1 Å². The van der Waals surface area contributed by atoms with Crippen molar-refractivity contribution in [3.63, 3.8) is 0 Å². The molecule has 1 atom stereocenters. The molecule has 20 heavy (non-hydrogen) atoms. The molecule has 3 nitrogen and oxygen atoms in total. The van der Waals surface area contributed by atoms with E-state index in [1.54, 1.807) is 0 Å². The molecular formula is C17H25N3. The normalized spacial score (nSPS) is 18.6. The van der Waals surface area contributed by atoms with Crippen LogP contribution in [0.1, 0.15) is 50.3 Å². The van der Waals surface area contributed by atoms with Crippen LogP contribution in [-0.4, -0.2) is 30.6 Å². The molecule has 0 aromatic heterocycles. The van der Waals surface area contributed by atoms with E-state index >= 15 is 0 Å². The van der Waals surface area contributed by atoms with E-state index in [9.17, 15) is 0 Å². The van der Waals surface area contributed by atoms with Crippen molar-refractivity contribution in [2.45, 2.75) is 45.2 Å². The van der Waals surface area contributed by atoms with E-state index in [4.69, 9.17) is 5.26 Å². The smallest absolute Gasteiger partial charge is 0.0991 e. The van der Waals surface area contributed by atoms with Gasteiger partial charge >= 0.3 is 0 Å². The predicted molar refractivity (Wildman–Crippen MR) is 82.5 cm³/mol. The van der Waals surface area contributed by atoms with Gasteiger partial charge in [0.25, 0.3) is 0 Å². The molecule has 1 unspecified atom stereocenters. The summed E-state index contributed by atoms with van der Waals surface area (Å²) in [5, 5.41) is 12.7. The van der Waals surface area contributed by atoms with Crippen molar-refractivity contribution in [1.29, 1.82) is 5.26 Å². The SMILES string of the molecule is CCCN1CCC(NC(C)c2cccc(C#N)c2)CC1. The maximum Gasteiger partial charge on any atom is 0.0991 e. The van der Waals surface area contributed by atoms with Gasteiger partial charge in [0.05, 0.1) is 11.6 Å². The molecule has 0 amide bonds. The Morgan fingerprint density at radius 1 is 1.40 bits per heavy atom. The Morgan fingerprint density at radius 3 is 2.80 bits per heavy atom. The second-order valence-corrected chi connectivity index (χ2v) is 5.74. The summed E-state index contributed by atoms with van der Waals surface area (Å²) in [5.74, 6) is 0. The standard InChI is InChI=1S/C17H25N3/c1-3-9-20-10-7-17(8-11-20)19-14(2)16-6-4-5-15(12-16)13-18/h4-6,12,14,17,19H,3,7-11H2,1-2H3. The number of likely N-dealkylation sites (tertiary alicyclic amines) is 1. The molecule has 3 heteroatoms. The van der Waals surface area contributed by atoms with Gasteiger partial charge in [0.2, 0.25) is 0 Å². The fourth-order valence-electron chi connectivity index (χ4n) is 2.97. The van der Waals surface area contributed by atoms with E-state index in [2.05, 4.69) is 36.2 Å². The third-order valence-corrected chi connectivity index (χ3v) is 4.13. The number of nitrogens with zero attached hydrogens (tertiary/aromatic N) is 2. The predicted octanol–water partition coefficient (Wildman–Crippen LogP) is 3.08. The zero-order valence-electron chi connectivity index (χ0n) is 12.6. The van der Waals surface area contributed by atoms with Gasteiger partial charge in [-0.15, -0.1) is 0 Å². The maximum absolute atomic E-state index is 8.97. The number of nitrogens with one attached hydrogen (secondary N) is 1. The first-order valence-electron chi connectivity index (χ1n) is 7.71.